The van der Waals surface area contributed by atoms with Crippen LogP contribution in [0.2, 0.25) is 0 Å². The van der Waals surface area contributed by atoms with E-state index in [1.54, 1.807) is 0 Å². The number of rotatable bonds is 3. The van der Waals surface area contributed by atoms with Gasteiger partial charge in [0, 0.05) is 38.3 Å². The monoisotopic (exact) mass is 248 g/mol. The first-order valence-corrected chi connectivity index (χ1v) is 6.17. The maximum absolute atomic E-state index is 8.68. The molecule has 1 aliphatic heterocycles. The number of piperazine rings is 1. The fourth-order valence-electron chi connectivity index (χ4n) is 2.15. The number of amidine groups is 1. The summed E-state index contributed by atoms with van der Waals surface area (Å²) in [6.45, 7) is 5.31. The Hall–Kier alpha value is -1.59. The van der Waals surface area contributed by atoms with Crippen LogP contribution in [0.25, 0.3) is 0 Å². The lowest BCUT2D eigenvalue weighted by molar-refractivity contribution is 0.148. The molecule has 0 aliphatic carbocycles. The van der Waals surface area contributed by atoms with Crippen LogP contribution in [-0.4, -0.2) is 54.1 Å². The van der Waals surface area contributed by atoms with Crippen molar-refractivity contribution in [1.82, 2.24) is 9.80 Å². The Bertz CT molecular complexity index is 425. The van der Waals surface area contributed by atoms with Gasteiger partial charge in [-0.05, 0) is 18.7 Å². The van der Waals surface area contributed by atoms with E-state index in [-0.39, 0.29) is 5.84 Å². The van der Waals surface area contributed by atoms with Crippen LogP contribution in [0.15, 0.2) is 29.4 Å². The predicted molar refractivity (Wildman–Crippen MR) is 71.7 cm³/mol. The molecule has 0 bridgehead atoms. The standard InChI is InChI=1S/C13H20N4O/c1-16-5-7-17(8-6-16)10-11-3-2-4-12(9-11)13(14)15-18/h2-4,9,18H,5-8,10H2,1H3,(H2,14,15). The van der Waals surface area contributed by atoms with Gasteiger partial charge in [0.05, 0.1) is 0 Å². The molecule has 0 radical (unpaired) electrons. The van der Waals surface area contributed by atoms with Gasteiger partial charge in [-0.2, -0.15) is 0 Å². The van der Waals surface area contributed by atoms with Crippen molar-refractivity contribution in [3.05, 3.63) is 35.4 Å². The highest BCUT2D eigenvalue weighted by molar-refractivity contribution is 5.97. The van der Waals surface area contributed by atoms with Gasteiger partial charge in [0.1, 0.15) is 0 Å². The van der Waals surface area contributed by atoms with Gasteiger partial charge in [0.2, 0.25) is 0 Å². The summed E-state index contributed by atoms with van der Waals surface area (Å²) in [5, 5.41) is 11.7. The highest BCUT2D eigenvalue weighted by Crippen LogP contribution is 2.10. The molecule has 18 heavy (non-hydrogen) atoms. The Morgan fingerprint density at radius 2 is 2.06 bits per heavy atom. The van der Waals surface area contributed by atoms with Gasteiger partial charge in [-0.25, -0.2) is 0 Å². The van der Waals surface area contributed by atoms with E-state index in [0.717, 1.165) is 38.3 Å². The third-order valence-electron chi connectivity index (χ3n) is 3.33. The molecule has 3 N–H and O–H groups in total. The van der Waals surface area contributed by atoms with Gasteiger partial charge >= 0.3 is 0 Å². The van der Waals surface area contributed by atoms with Crippen molar-refractivity contribution in [2.75, 3.05) is 33.2 Å². The molecule has 0 atom stereocenters. The largest absolute Gasteiger partial charge is 0.409 e. The zero-order valence-electron chi connectivity index (χ0n) is 10.7. The van der Waals surface area contributed by atoms with Crippen LogP contribution in [0.1, 0.15) is 11.1 Å². The number of likely N-dealkylation sites (N-methyl/N-ethyl adjacent to an activating group) is 1. The molecular weight excluding hydrogens is 228 g/mol. The second-order valence-electron chi connectivity index (χ2n) is 4.77. The maximum atomic E-state index is 8.68. The predicted octanol–water partition coefficient (Wildman–Crippen LogP) is 0.529. The van der Waals surface area contributed by atoms with Gasteiger partial charge in [-0.3, -0.25) is 4.90 Å². The number of nitrogens with zero attached hydrogens (tertiary/aromatic N) is 3. The lowest BCUT2D eigenvalue weighted by atomic mass is 10.1. The van der Waals surface area contributed by atoms with Crippen LogP contribution in [0, 0.1) is 0 Å². The molecule has 0 spiro atoms. The molecule has 1 heterocycles. The summed E-state index contributed by atoms with van der Waals surface area (Å²) >= 11 is 0. The molecule has 1 fully saturated rings. The molecule has 5 nitrogen and oxygen atoms in total. The van der Waals surface area contributed by atoms with Crippen molar-refractivity contribution >= 4 is 5.84 Å². The number of hydrogen-bond acceptors (Lipinski definition) is 4. The van der Waals surface area contributed by atoms with Crippen molar-refractivity contribution in [2.45, 2.75) is 6.54 Å². The molecule has 1 saturated heterocycles. The number of oxime groups is 1. The van der Waals surface area contributed by atoms with Crippen LogP contribution >= 0.6 is 0 Å². The van der Waals surface area contributed by atoms with Gasteiger partial charge in [0.15, 0.2) is 5.84 Å². The van der Waals surface area contributed by atoms with Crippen molar-refractivity contribution in [1.29, 1.82) is 0 Å². The molecule has 5 heteroatoms. The molecule has 2 rings (SSSR count). The minimum atomic E-state index is 0.162. The smallest absolute Gasteiger partial charge is 0.170 e. The number of hydrogen-bond donors (Lipinski definition) is 2. The fourth-order valence-corrected chi connectivity index (χ4v) is 2.15. The van der Waals surface area contributed by atoms with E-state index in [1.165, 1.54) is 5.56 Å². The van der Waals surface area contributed by atoms with E-state index in [9.17, 15) is 0 Å². The molecule has 1 aromatic rings. The summed E-state index contributed by atoms with van der Waals surface area (Å²) in [4.78, 5) is 4.76. The first kappa shape index (κ1) is 12.9. The van der Waals surface area contributed by atoms with Crippen molar-refractivity contribution in [3.8, 4) is 0 Å². The van der Waals surface area contributed by atoms with E-state index in [4.69, 9.17) is 10.9 Å². The molecule has 98 valence electrons. The zero-order valence-corrected chi connectivity index (χ0v) is 10.7. The second-order valence-corrected chi connectivity index (χ2v) is 4.77. The van der Waals surface area contributed by atoms with Crippen LogP contribution < -0.4 is 5.73 Å². The zero-order chi connectivity index (χ0) is 13.0. The minimum absolute atomic E-state index is 0.162. The number of nitrogens with two attached hydrogens (primary N) is 1. The summed E-state index contributed by atoms with van der Waals surface area (Å²) < 4.78 is 0. The molecule has 0 unspecified atom stereocenters. The van der Waals surface area contributed by atoms with E-state index in [0.29, 0.717) is 0 Å². The molecule has 0 saturated carbocycles. The van der Waals surface area contributed by atoms with Crippen LogP contribution in [-0.2, 0) is 6.54 Å². The van der Waals surface area contributed by atoms with Crippen LogP contribution in [0.3, 0.4) is 0 Å². The lowest BCUT2D eigenvalue weighted by Crippen LogP contribution is -2.43. The van der Waals surface area contributed by atoms with E-state index in [1.807, 2.05) is 18.2 Å². The van der Waals surface area contributed by atoms with Gasteiger partial charge in [-0.1, -0.05) is 23.4 Å². The summed E-state index contributed by atoms with van der Waals surface area (Å²) in [6.07, 6.45) is 0. The summed E-state index contributed by atoms with van der Waals surface area (Å²) in [5.74, 6) is 0.162. The van der Waals surface area contributed by atoms with Crippen LogP contribution in [0.5, 0.6) is 0 Å². The SMILES string of the molecule is CN1CCN(Cc2cccc(/C(N)=N/O)c2)CC1. The fraction of sp³-hybridized carbons (Fsp3) is 0.462. The first-order chi connectivity index (χ1) is 8.69. The molecular formula is C13H20N4O. The highest BCUT2D eigenvalue weighted by atomic mass is 16.4. The van der Waals surface area contributed by atoms with E-state index >= 15 is 0 Å². The van der Waals surface area contributed by atoms with Crippen LogP contribution in [0.4, 0.5) is 0 Å². The van der Waals surface area contributed by atoms with Crippen molar-refractivity contribution in [2.24, 2.45) is 10.9 Å². The Kier molecular flexibility index (Phi) is 4.17. The highest BCUT2D eigenvalue weighted by Gasteiger charge is 2.14. The quantitative estimate of drug-likeness (QED) is 0.354. The average molecular weight is 248 g/mol. The summed E-state index contributed by atoms with van der Waals surface area (Å²) in [5.41, 5.74) is 7.56. The van der Waals surface area contributed by atoms with Gasteiger partial charge < -0.3 is 15.8 Å². The third kappa shape index (κ3) is 3.21. The Labute approximate surface area is 107 Å². The topological polar surface area (TPSA) is 65.1 Å². The molecule has 1 aliphatic rings. The molecule has 1 aromatic carbocycles. The van der Waals surface area contributed by atoms with Gasteiger partial charge in [0.25, 0.3) is 0 Å². The summed E-state index contributed by atoms with van der Waals surface area (Å²) in [6, 6.07) is 7.85. The Balaban J connectivity index is 2.01. The Morgan fingerprint density at radius 1 is 1.33 bits per heavy atom. The normalized spacial score (nSPS) is 19.1. The van der Waals surface area contributed by atoms with E-state index in [2.05, 4.69) is 28.1 Å². The number of benzene rings is 1. The van der Waals surface area contributed by atoms with Crippen molar-refractivity contribution in [3.63, 3.8) is 0 Å². The minimum Gasteiger partial charge on any atom is -0.409 e. The second kappa shape index (κ2) is 5.84. The summed E-state index contributed by atoms with van der Waals surface area (Å²) in [7, 11) is 2.15. The maximum Gasteiger partial charge on any atom is 0.170 e. The lowest BCUT2D eigenvalue weighted by Gasteiger charge is -2.32. The molecule has 0 aromatic heterocycles. The van der Waals surface area contributed by atoms with E-state index < -0.39 is 0 Å². The molecule has 0 amide bonds. The first-order valence-electron chi connectivity index (χ1n) is 6.17. The Morgan fingerprint density at radius 3 is 2.72 bits per heavy atom. The average Bonchev–Trinajstić information content (AvgIpc) is 2.41. The van der Waals surface area contributed by atoms with Gasteiger partial charge in [-0.15, -0.1) is 0 Å². The van der Waals surface area contributed by atoms with Crippen molar-refractivity contribution < 1.29 is 5.21 Å². The third-order valence-corrected chi connectivity index (χ3v) is 3.33.